The van der Waals surface area contributed by atoms with Crippen LogP contribution in [0.2, 0.25) is 0 Å². The van der Waals surface area contributed by atoms with Gasteiger partial charge in [-0.2, -0.15) is 0 Å². The van der Waals surface area contributed by atoms with Crippen molar-refractivity contribution in [3.8, 4) is 0 Å². The molecule has 2 N–H and O–H groups in total. The molecule has 18 heavy (non-hydrogen) atoms. The summed E-state index contributed by atoms with van der Waals surface area (Å²) in [6.45, 7) is 1.30. The van der Waals surface area contributed by atoms with Crippen molar-refractivity contribution >= 4 is 5.91 Å². The smallest absolute Gasteiger partial charge is 0.223 e. The van der Waals surface area contributed by atoms with Crippen LogP contribution in [0.25, 0.3) is 0 Å². The van der Waals surface area contributed by atoms with Crippen molar-refractivity contribution in [2.75, 3.05) is 26.4 Å². The molecule has 2 rings (SSSR count). The second-order valence-corrected chi connectivity index (χ2v) is 4.50. The molecule has 0 saturated heterocycles. The van der Waals surface area contributed by atoms with E-state index in [0.29, 0.717) is 19.8 Å². The van der Waals surface area contributed by atoms with Gasteiger partial charge in [-0.15, -0.1) is 0 Å². The highest BCUT2D eigenvalue weighted by Gasteiger charge is 2.26. The minimum Gasteiger partial charge on any atom is -0.394 e. The zero-order valence-corrected chi connectivity index (χ0v) is 10.4. The molecule has 0 heterocycles. The number of amides is 1. The van der Waals surface area contributed by atoms with Gasteiger partial charge in [0.05, 0.1) is 19.8 Å². The van der Waals surface area contributed by atoms with Crippen molar-refractivity contribution < 1.29 is 14.6 Å². The highest BCUT2D eigenvalue weighted by Crippen LogP contribution is 2.26. The van der Waals surface area contributed by atoms with Gasteiger partial charge < -0.3 is 15.2 Å². The number of hydrogen-bond acceptors (Lipinski definition) is 3. The minimum absolute atomic E-state index is 0.0197. The van der Waals surface area contributed by atoms with E-state index in [1.54, 1.807) is 0 Å². The maximum atomic E-state index is 11.9. The largest absolute Gasteiger partial charge is 0.394 e. The average Bonchev–Trinajstić information content (AvgIpc) is 2.82. The summed E-state index contributed by atoms with van der Waals surface area (Å²) in [7, 11) is 0. The highest BCUT2D eigenvalue weighted by atomic mass is 16.5. The van der Waals surface area contributed by atoms with Crippen LogP contribution in [0.1, 0.15) is 11.1 Å². The van der Waals surface area contributed by atoms with Gasteiger partial charge in [0.15, 0.2) is 0 Å². The zero-order valence-electron chi connectivity index (χ0n) is 10.4. The Morgan fingerprint density at radius 3 is 2.56 bits per heavy atom. The lowest BCUT2D eigenvalue weighted by Gasteiger charge is -2.10. The van der Waals surface area contributed by atoms with Crippen molar-refractivity contribution in [1.82, 2.24) is 5.32 Å². The van der Waals surface area contributed by atoms with Gasteiger partial charge in [0.1, 0.15) is 0 Å². The van der Waals surface area contributed by atoms with Crippen LogP contribution in [-0.4, -0.2) is 37.4 Å². The molecule has 0 aromatic heterocycles. The molecule has 98 valence electrons. The third-order valence-corrected chi connectivity index (χ3v) is 3.20. The molecule has 1 aliphatic rings. The second-order valence-electron chi connectivity index (χ2n) is 4.50. The van der Waals surface area contributed by atoms with Gasteiger partial charge >= 0.3 is 0 Å². The molecule has 1 aromatic rings. The molecule has 0 atom stereocenters. The number of nitrogens with one attached hydrogen (secondary N) is 1. The maximum Gasteiger partial charge on any atom is 0.223 e. The fourth-order valence-electron chi connectivity index (χ4n) is 2.30. The van der Waals surface area contributed by atoms with Crippen LogP contribution >= 0.6 is 0 Å². The van der Waals surface area contributed by atoms with Crippen LogP contribution in [0.4, 0.5) is 0 Å². The number of ether oxygens (including phenoxy) is 1. The molecular formula is C14H19NO3. The van der Waals surface area contributed by atoms with Crippen LogP contribution in [-0.2, 0) is 22.4 Å². The number of carbonyl (C=O) groups is 1. The molecular weight excluding hydrogens is 230 g/mol. The van der Waals surface area contributed by atoms with E-state index in [2.05, 4.69) is 17.4 Å². The number of hydrogen-bond donors (Lipinski definition) is 2. The zero-order chi connectivity index (χ0) is 12.8. The summed E-state index contributed by atoms with van der Waals surface area (Å²) in [4.78, 5) is 11.9. The Labute approximate surface area is 107 Å². The summed E-state index contributed by atoms with van der Waals surface area (Å²) in [6.07, 6.45) is 1.67. The van der Waals surface area contributed by atoms with Gasteiger partial charge in [0.2, 0.25) is 5.91 Å². The lowest BCUT2D eigenvalue weighted by Crippen LogP contribution is -2.33. The first kappa shape index (κ1) is 13.1. The quantitative estimate of drug-likeness (QED) is 0.723. The topological polar surface area (TPSA) is 58.6 Å². The predicted octanol–water partition coefficient (Wildman–Crippen LogP) is 0.526. The standard InChI is InChI=1S/C14H19NO3/c16-6-8-18-7-5-15-14(17)13-9-11-3-1-2-4-12(11)10-13/h1-4,13,16H,5-10H2,(H,15,17). The van der Waals surface area contributed by atoms with E-state index in [9.17, 15) is 4.79 Å². The SMILES string of the molecule is O=C(NCCOCCO)C1Cc2ccccc2C1. The normalized spacial score (nSPS) is 14.5. The number of benzene rings is 1. The lowest BCUT2D eigenvalue weighted by molar-refractivity contribution is -0.124. The van der Waals surface area contributed by atoms with Crippen LogP contribution in [0, 0.1) is 5.92 Å². The predicted molar refractivity (Wildman–Crippen MR) is 68.3 cm³/mol. The molecule has 1 aliphatic carbocycles. The van der Waals surface area contributed by atoms with Crippen molar-refractivity contribution in [3.63, 3.8) is 0 Å². The molecule has 0 saturated carbocycles. The van der Waals surface area contributed by atoms with Gasteiger partial charge in [0.25, 0.3) is 0 Å². The maximum absolute atomic E-state index is 11.9. The third-order valence-electron chi connectivity index (χ3n) is 3.20. The molecule has 0 bridgehead atoms. The minimum atomic E-state index is 0.0197. The van der Waals surface area contributed by atoms with Gasteiger partial charge in [-0.25, -0.2) is 0 Å². The van der Waals surface area contributed by atoms with Crippen molar-refractivity contribution in [1.29, 1.82) is 0 Å². The number of fused-ring (bicyclic) bond motifs is 1. The molecule has 1 aromatic carbocycles. The van der Waals surface area contributed by atoms with Crippen LogP contribution in [0.5, 0.6) is 0 Å². The molecule has 0 spiro atoms. The van der Waals surface area contributed by atoms with Gasteiger partial charge in [-0.1, -0.05) is 24.3 Å². The molecule has 1 amide bonds. The van der Waals surface area contributed by atoms with E-state index in [1.165, 1.54) is 11.1 Å². The molecule has 4 heteroatoms. The van der Waals surface area contributed by atoms with E-state index in [4.69, 9.17) is 9.84 Å². The molecule has 0 unspecified atom stereocenters. The Kier molecular flexibility index (Phi) is 4.73. The first-order valence-corrected chi connectivity index (χ1v) is 6.34. The van der Waals surface area contributed by atoms with Gasteiger partial charge in [-0.3, -0.25) is 4.79 Å². The van der Waals surface area contributed by atoms with Gasteiger partial charge in [-0.05, 0) is 24.0 Å². The summed E-state index contributed by atoms with van der Waals surface area (Å²) >= 11 is 0. The second kappa shape index (κ2) is 6.52. The van der Waals surface area contributed by atoms with Crippen LogP contribution in [0.15, 0.2) is 24.3 Å². The third kappa shape index (κ3) is 3.31. The van der Waals surface area contributed by atoms with E-state index < -0.39 is 0 Å². The van der Waals surface area contributed by atoms with Crippen LogP contribution in [0.3, 0.4) is 0 Å². The van der Waals surface area contributed by atoms with E-state index >= 15 is 0 Å². The molecule has 0 radical (unpaired) electrons. The first-order valence-electron chi connectivity index (χ1n) is 6.34. The average molecular weight is 249 g/mol. The van der Waals surface area contributed by atoms with Crippen molar-refractivity contribution in [3.05, 3.63) is 35.4 Å². The number of carbonyl (C=O) groups excluding carboxylic acids is 1. The highest BCUT2D eigenvalue weighted by molar-refractivity contribution is 5.80. The summed E-state index contributed by atoms with van der Waals surface area (Å²) < 4.78 is 5.09. The van der Waals surface area contributed by atoms with Gasteiger partial charge in [0, 0.05) is 12.5 Å². The van der Waals surface area contributed by atoms with Crippen molar-refractivity contribution in [2.45, 2.75) is 12.8 Å². The van der Waals surface area contributed by atoms with Crippen molar-refractivity contribution in [2.24, 2.45) is 5.92 Å². The Bertz CT molecular complexity index is 381. The molecule has 0 fully saturated rings. The van der Waals surface area contributed by atoms with E-state index in [0.717, 1.165) is 12.8 Å². The molecule has 0 aliphatic heterocycles. The fraction of sp³-hybridized carbons (Fsp3) is 0.500. The summed E-state index contributed by atoms with van der Waals surface area (Å²) in [6, 6.07) is 8.21. The Hall–Kier alpha value is -1.39. The number of rotatable bonds is 6. The van der Waals surface area contributed by atoms with E-state index in [-0.39, 0.29) is 18.4 Å². The summed E-state index contributed by atoms with van der Waals surface area (Å²) in [5.41, 5.74) is 2.57. The summed E-state index contributed by atoms with van der Waals surface area (Å²) in [5, 5.41) is 11.4. The monoisotopic (exact) mass is 249 g/mol. The number of aliphatic hydroxyl groups is 1. The Morgan fingerprint density at radius 1 is 1.28 bits per heavy atom. The Balaban J connectivity index is 1.72. The fourth-order valence-corrected chi connectivity index (χ4v) is 2.30. The lowest BCUT2D eigenvalue weighted by atomic mass is 10.1. The number of aliphatic hydroxyl groups excluding tert-OH is 1. The van der Waals surface area contributed by atoms with Crippen LogP contribution < -0.4 is 5.32 Å². The molecule has 4 nitrogen and oxygen atoms in total. The van der Waals surface area contributed by atoms with E-state index in [1.807, 2.05) is 12.1 Å². The Morgan fingerprint density at radius 2 is 1.94 bits per heavy atom. The first-order chi connectivity index (χ1) is 8.81. The summed E-state index contributed by atoms with van der Waals surface area (Å²) in [5.74, 6) is 0.152.